The highest BCUT2D eigenvalue weighted by Crippen LogP contribution is 2.18. The molecule has 0 aromatic carbocycles. The van der Waals surface area contributed by atoms with Crippen molar-refractivity contribution in [1.29, 1.82) is 0 Å². The summed E-state index contributed by atoms with van der Waals surface area (Å²) in [6.45, 7) is 4.88. The van der Waals surface area contributed by atoms with Gasteiger partial charge >= 0.3 is 0 Å². The van der Waals surface area contributed by atoms with E-state index >= 15 is 0 Å². The molecule has 0 N–H and O–H groups in total. The molecule has 3 nitrogen and oxygen atoms in total. The first-order valence-corrected chi connectivity index (χ1v) is 4.07. The zero-order valence-corrected chi connectivity index (χ0v) is 7.37. The quantitative estimate of drug-likeness (QED) is 0.637. The summed E-state index contributed by atoms with van der Waals surface area (Å²) in [6, 6.07) is 3.26. The predicted molar refractivity (Wildman–Crippen MR) is 44.7 cm³/mol. The lowest BCUT2D eigenvalue weighted by Crippen LogP contribution is -2.07. The molecule has 0 saturated heterocycles. The summed E-state index contributed by atoms with van der Waals surface area (Å²) >= 11 is 0. The highest BCUT2D eigenvalue weighted by Gasteiger charge is 2.12. The van der Waals surface area contributed by atoms with Crippen molar-refractivity contribution < 1.29 is 15.3 Å². The summed E-state index contributed by atoms with van der Waals surface area (Å²) in [7, 11) is 0. The topological polar surface area (TPSA) is 31.6 Å². The number of rotatable bonds is 5. The Kier molecular flexibility index (Phi) is 3.23. The second-order valence-corrected chi connectivity index (χ2v) is 2.20. The normalized spacial score (nSPS) is 12.1. The Balaban J connectivity index is 2.63. The summed E-state index contributed by atoms with van der Waals surface area (Å²) in [5.74, 6) is 0.550. The predicted octanol–water partition coefficient (Wildman–Crippen LogP) is 2.35. The summed E-state index contributed by atoms with van der Waals surface area (Å²) in [5, 5.41) is 0. The minimum absolute atomic E-state index is 0.124. The van der Waals surface area contributed by atoms with Gasteiger partial charge in [0.25, 0.3) is 0 Å². The molecule has 0 aliphatic heterocycles. The lowest BCUT2D eigenvalue weighted by atomic mass is 10.4. The summed E-state index contributed by atoms with van der Waals surface area (Å²) in [6.07, 6.45) is -0.353. The smallest absolute Gasteiger partial charge is 0.217 e. The minimum Gasteiger partial charge on any atom is -0.464 e. The fraction of sp³-hybridized carbons (Fsp3) is 0.556. The van der Waals surface area contributed by atoms with Crippen LogP contribution in [-0.4, -0.2) is 13.2 Å². The van der Waals surface area contributed by atoms with E-state index < -0.39 is 6.29 Å². The maximum atomic E-state index is 7.20. The molecule has 12 heavy (non-hydrogen) atoms. The van der Waals surface area contributed by atoms with Crippen LogP contribution in [0, 0.1) is 0 Å². The first kappa shape index (κ1) is 7.83. The Morgan fingerprint density at radius 3 is 2.58 bits per heavy atom. The molecule has 0 aliphatic carbocycles. The molecule has 0 unspecified atom stereocenters. The zero-order valence-electron chi connectivity index (χ0n) is 8.37. The van der Waals surface area contributed by atoms with Gasteiger partial charge in [-0.3, -0.25) is 0 Å². The average Bonchev–Trinajstić information content (AvgIpc) is 2.51. The van der Waals surface area contributed by atoms with Crippen LogP contribution in [0.2, 0.25) is 0 Å². The van der Waals surface area contributed by atoms with Crippen LogP contribution in [0.25, 0.3) is 0 Å². The standard InChI is InChI=1S/C9H14O3/c1-3-10-9(11-4-2)8-6-5-7-12-8/h5-7,9H,3-4H2,1-2H3/i7D. The molecule has 1 aromatic rings. The van der Waals surface area contributed by atoms with E-state index in [0.29, 0.717) is 19.0 Å². The molecule has 0 bridgehead atoms. The van der Waals surface area contributed by atoms with Crippen molar-refractivity contribution >= 4 is 0 Å². The van der Waals surface area contributed by atoms with Crippen LogP contribution in [0.4, 0.5) is 0 Å². The molecule has 0 saturated carbocycles. The van der Waals surface area contributed by atoms with Crippen LogP contribution in [-0.2, 0) is 9.47 Å². The highest BCUT2D eigenvalue weighted by molar-refractivity contribution is 4.99. The van der Waals surface area contributed by atoms with Gasteiger partial charge in [0.05, 0.1) is 6.24 Å². The fourth-order valence-corrected chi connectivity index (χ4v) is 0.894. The van der Waals surface area contributed by atoms with Crippen LogP contribution >= 0.6 is 0 Å². The molecule has 1 heterocycles. The molecule has 1 aromatic heterocycles. The van der Waals surface area contributed by atoms with E-state index in [1.165, 1.54) is 0 Å². The van der Waals surface area contributed by atoms with Crippen molar-refractivity contribution in [3.8, 4) is 0 Å². The molecule has 1 rings (SSSR count). The number of furan rings is 1. The Morgan fingerprint density at radius 1 is 1.50 bits per heavy atom. The van der Waals surface area contributed by atoms with Gasteiger partial charge in [-0.05, 0) is 26.0 Å². The van der Waals surface area contributed by atoms with Crippen molar-refractivity contribution in [1.82, 2.24) is 0 Å². The first-order valence-electron chi connectivity index (χ1n) is 4.57. The summed E-state index contributed by atoms with van der Waals surface area (Å²) in [4.78, 5) is 0. The number of hydrogen-bond acceptors (Lipinski definition) is 3. The van der Waals surface area contributed by atoms with Crippen LogP contribution < -0.4 is 0 Å². The fourth-order valence-electron chi connectivity index (χ4n) is 0.894. The average molecular weight is 171 g/mol. The van der Waals surface area contributed by atoms with Crippen molar-refractivity contribution in [2.24, 2.45) is 0 Å². The van der Waals surface area contributed by atoms with Gasteiger partial charge in [0.2, 0.25) is 6.29 Å². The molecule has 0 atom stereocenters. The lowest BCUT2D eigenvalue weighted by molar-refractivity contribution is -0.150. The largest absolute Gasteiger partial charge is 0.464 e. The first-order chi connectivity index (χ1) is 6.27. The number of hydrogen-bond donors (Lipinski definition) is 0. The van der Waals surface area contributed by atoms with Crippen LogP contribution in [0.1, 0.15) is 27.3 Å². The van der Waals surface area contributed by atoms with Gasteiger partial charge in [0.15, 0.2) is 5.76 Å². The van der Waals surface area contributed by atoms with Crippen molar-refractivity contribution in [3.63, 3.8) is 0 Å². The molecular formula is C9H14O3. The molecule has 0 fully saturated rings. The van der Waals surface area contributed by atoms with E-state index in [0.717, 1.165) is 0 Å². The Labute approximate surface area is 73.7 Å². The molecule has 68 valence electrons. The maximum Gasteiger partial charge on any atom is 0.217 e. The molecule has 0 amide bonds. The van der Waals surface area contributed by atoms with Gasteiger partial charge in [0.1, 0.15) is 1.37 Å². The van der Waals surface area contributed by atoms with Crippen molar-refractivity contribution in [2.75, 3.05) is 13.2 Å². The third-order valence-electron chi connectivity index (χ3n) is 1.36. The zero-order chi connectivity index (χ0) is 9.68. The molecule has 3 heteroatoms. The summed E-state index contributed by atoms with van der Waals surface area (Å²) in [5.41, 5.74) is 0. The third-order valence-corrected chi connectivity index (χ3v) is 1.36. The Bertz CT molecular complexity index is 241. The van der Waals surface area contributed by atoms with Crippen molar-refractivity contribution in [3.05, 3.63) is 24.1 Å². The maximum absolute atomic E-state index is 7.20. The minimum atomic E-state index is -0.478. The van der Waals surface area contributed by atoms with E-state index in [1.54, 1.807) is 12.1 Å². The van der Waals surface area contributed by atoms with E-state index in [1.807, 2.05) is 13.8 Å². The molecule has 0 aliphatic rings. The van der Waals surface area contributed by atoms with Gasteiger partial charge in [0, 0.05) is 13.2 Å². The van der Waals surface area contributed by atoms with E-state index in [9.17, 15) is 0 Å². The second-order valence-electron chi connectivity index (χ2n) is 2.20. The van der Waals surface area contributed by atoms with Crippen molar-refractivity contribution in [2.45, 2.75) is 20.1 Å². The van der Waals surface area contributed by atoms with Crippen LogP contribution in [0.3, 0.4) is 0 Å². The van der Waals surface area contributed by atoms with Gasteiger partial charge in [-0.1, -0.05) is 0 Å². The highest BCUT2D eigenvalue weighted by atomic mass is 16.7. The molecule has 0 spiro atoms. The van der Waals surface area contributed by atoms with E-state index in [2.05, 4.69) is 0 Å². The Hall–Kier alpha value is -0.800. The monoisotopic (exact) mass is 171 g/mol. The van der Waals surface area contributed by atoms with E-state index in [4.69, 9.17) is 15.3 Å². The van der Waals surface area contributed by atoms with E-state index in [-0.39, 0.29) is 6.24 Å². The third kappa shape index (κ3) is 2.36. The molecular weight excluding hydrogens is 156 g/mol. The van der Waals surface area contributed by atoms with Crippen LogP contribution in [0.5, 0.6) is 0 Å². The van der Waals surface area contributed by atoms with Crippen LogP contribution in [0.15, 0.2) is 22.8 Å². The van der Waals surface area contributed by atoms with Gasteiger partial charge < -0.3 is 13.9 Å². The SMILES string of the molecule is [2H]c1ccc(C(OCC)OCC)o1. The molecule has 0 radical (unpaired) electrons. The lowest BCUT2D eigenvalue weighted by Gasteiger charge is -2.13. The van der Waals surface area contributed by atoms with Gasteiger partial charge in [-0.2, -0.15) is 0 Å². The van der Waals surface area contributed by atoms with Gasteiger partial charge in [-0.15, -0.1) is 0 Å². The van der Waals surface area contributed by atoms with Gasteiger partial charge in [-0.25, -0.2) is 0 Å². The number of ether oxygens (including phenoxy) is 2. The summed E-state index contributed by atoms with van der Waals surface area (Å²) < 4.78 is 22.8. The second kappa shape index (κ2) is 4.95. The Morgan fingerprint density at radius 2 is 2.17 bits per heavy atom.